The molecule has 32 heavy (non-hydrogen) atoms. The molecule has 1 heterocycles. The molecule has 2 saturated carbocycles. The summed E-state index contributed by atoms with van der Waals surface area (Å²) in [7, 11) is 0. The summed E-state index contributed by atoms with van der Waals surface area (Å²) in [6, 6.07) is 6.03. The standard InChI is InChI=1S/C25H29NO5S/c1-5-31-25(30)21-18(15-7-6-12(2)13(3)10-15)14(4)32-23(21)26-22(27)19-16-8-9-17(11-16)20(19)24(28)29/h6-7,10,16-17,19-20H,5,8-9,11H2,1-4H3,(H,26,27)(H,28,29)/t16-,17+,19-,20+/m1/s1. The van der Waals surface area contributed by atoms with Crippen LogP contribution in [0.1, 0.15) is 52.5 Å². The van der Waals surface area contributed by atoms with Crippen molar-refractivity contribution in [1.82, 2.24) is 0 Å². The fourth-order valence-electron chi connectivity index (χ4n) is 5.49. The summed E-state index contributed by atoms with van der Waals surface area (Å²) in [5.74, 6) is -2.75. The lowest BCUT2D eigenvalue weighted by Crippen LogP contribution is -2.37. The summed E-state index contributed by atoms with van der Waals surface area (Å²) in [4.78, 5) is 39.0. The van der Waals surface area contributed by atoms with Crippen molar-refractivity contribution in [3.8, 4) is 11.1 Å². The van der Waals surface area contributed by atoms with Gasteiger partial charge in [-0.05, 0) is 75.5 Å². The van der Waals surface area contributed by atoms with E-state index in [1.165, 1.54) is 11.3 Å². The summed E-state index contributed by atoms with van der Waals surface area (Å²) in [6.45, 7) is 7.95. The van der Waals surface area contributed by atoms with Crippen LogP contribution in [0.3, 0.4) is 0 Å². The van der Waals surface area contributed by atoms with Crippen LogP contribution in [-0.2, 0) is 14.3 Å². The van der Waals surface area contributed by atoms with Gasteiger partial charge < -0.3 is 15.2 Å². The summed E-state index contributed by atoms with van der Waals surface area (Å²) in [5, 5.41) is 13.1. The quantitative estimate of drug-likeness (QED) is 0.584. The van der Waals surface area contributed by atoms with Gasteiger partial charge in [0.15, 0.2) is 0 Å². The highest BCUT2D eigenvalue weighted by Crippen LogP contribution is 2.53. The SMILES string of the molecule is CCOC(=O)c1c(NC(=O)[C@@H]2[C@@H]3CC[C@@H](C3)[C@@H]2C(=O)O)sc(C)c1-c1ccc(C)c(C)c1. The Bertz CT molecular complexity index is 1090. The van der Waals surface area contributed by atoms with Gasteiger partial charge in [-0.25, -0.2) is 4.79 Å². The van der Waals surface area contributed by atoms with Gasteiger partial charge in [-0.15, -0.1) is 11.3 Å². The van der Waals surface area contributed by atoms with E-state index in [9.17, 15) is 19.5 Å². The van der Waals surface area contributed by atoms with Crippen molar-refractivity contribution < 1.29 is 24.2 Å². The number of amides is 1. The molecule has 4 atom stereocenters. The molecule has 1 aromatic carbocycles. The van der Waals surface area contributed by atoms with Crippen molar-refractivity contribution >= 4 is 34.2 Å². The van der Waals surface area contributed by atoms with E-state index in [0.29, 0.717) is 10.6 Å². The van der Waals surface area contributed by atoms with Crippen molar-refractivity contribution in [1.29, 1.82) is 0 Å². The average molecular weight is 456 g/mol. The highest BCUT2D eigenvalue weighted by atomic mass is 32.1. The third-order valence-corrected chi connectivity index (χ3v) is 8.12. The molecule has 1 aromatic heterocycles. The molecule has 0 aliphatic heterocycles. The van der Waals surface area contributed by atoms with Crippen LogP contribution in [0.2, 0.25) is 0 Å². The second-order valence-electron chi connectivity index (χ2n) is 8.97. The smallest absolute Gasteiger partial charge is 0.341 e. The zero-order valence-corrected chi connectivity index (χ0v) is 19.7. The maximum absolute atomic E-state index is 13.3. The number of carboxylic acids is 1. The maximum Gasteiger partial charge on any atom is 0.341 e. The van der Waals surface area contributed by atoms with Gasteiger partial charge in [-0.1, -0.05) is 18.2 Å². The number of esters is 1. The minimum atomic E-state index is -0.902. The Morgan fingerprint density at radius 2 is 1.78 bits per heavy atom. The van der Waals surface area contributed by atoms with Gasteiger partial charge in [-0.3, -0.25) is 9.59 Å². The molecule has 170 valence electrons. The van der Waals surface area contributed by atoms with Crippen LogP contribution in [0, 0.1) is 44.4 Å². The molecule has 0 saturated heterocycles. The Kier molecular flexibility index (Phi) is 6.12. The molecule has 4 rings (SSSR count). The number of anilines is 1. The first-order chi connectivity index (χ1) is 15.2. The van der Waals surface area contributed by atoms with E-state index in [2.05, 4.69) is 5.32 Å². The fourth-order valence-corrected chi connectivity index (χ4v) is 6.56. The zero-order valence-electron chi connectivity index (χ0n) is 18.9. The molecule has 2 N–H and O–H groups in total. The van der Waals surface area contributed by atoms with Gasteiger partial charge in [0, 0.05) is 10.4 Å². The first kappa shape index (κ1) is 22.5. The van der Waals surface area contributed by atoms with E-state index >= 15 is 0 Å². The molecule has 2 aliphatic carbocycles. The number of carbonyl (C=O) groups excluding carboxylic acids is 2. The predicted octanol–water partition coefficient (Wildman–Crippen LogP) is 5.20. The number of fused-ring (bicyclic) bond motifs is 2. The number of benzene rings is 1. The third-order valence-electron chi connectivity index (χ3n) is 7.10. The number of rotatable bonds is 6. The first-order valence-corrected chi connectivity index (χ1v) is 12.0. The maximum atomic E-state index is 13.3. The molecular formula is C25H29NO5S. The van der Waals surface area contributed by atoms with E-state index in [1.54, 1.807) is 6.92 Å². The molecule has 0 spiro atoms. The van der Waals surface area contributed by atoms with Crippen LogP contribution >= 0.6 is 11.3 Å². The van der Waals surface area contributed by atoms with Crippen molar-refractivity contribution in [2.24, 2.45) is 23.7 Å². The lowest BCUT2D eigenvalue weighted by molar-refractivity contribution is -0.148. The normalized spacial score (nSPS) is 23.9. The summed E-state index contributed by atoms with van der Waals surface area (Å²) < 4.78 is 5.34. The van der Waals surface area contributed by atoms with E-state index < -0.39 is 23.8 Å². The van der Waals surface area contributed by atoms with Crippen LogP contribution in [0.5, 0.6) is 0 Å². The Morgan fingerprint density at radius 1 is 1.09 bits per heavy atom. The number of carbonyl (C=O) groups is 3. The van der Waals surface area contributed by atoms with E-state index in [4.69, 9.17) is 4.74 Å². The third kappa shape index (κ3) is 3.83. The van der Waals surface area contributed by atoms with Crippen LogP contribution in [-0.4, -0.2) is 29.6 Å². The van der Waals surface area contributed by atoms with E-state index in [1.807, 2.05) is 39.0 Å². The molecule has 6 nitrogen and oxygen atoms in total. The molecule has 0 unspecified atom stereocenters. The second kappa shape index (κ2) is 8.70. The lowest BCUT2D eigenvalue weighted by Gasteiger charge is -2.27. The topological polar surface area (TPSA) is 92.7 Å². The van der Waals surface area contributed by atoms with Crippen LogP contribution in [0.15, 0.2) is 18.2 Å². The van der Waals surface area contributed by atoms with E-state index in [-0.39, 0.29) is 24.3 Å². The minimum absolute atomic E-state index is 0.0638. The van der Waals surface area contributed by atoms with Gasteiger partial charge in [0.1, 0.15) is 10.6 Å². The van der Waals surface area contributed by atoms with Crippen molar-refractivity contribution in [3.63, 3.8) is 0 Å². The van der Waals surface area contributed by atoms with Crippen molar-refractivity contribution in [2.75, 3.05) is 11.9 Å². The van der Waals surface area contributed by atoms with Gasteiger partial charge >= 0.3 is 11.9 Å². The Morgan fingerprint density at radius 3 is 2.41 bits per heavy atom. The highest BCUT2D eigenvalue weighted by Gasteiger charge is 2.54. The fraction of sp³-hybridized carbons (Fsp3) is 0.480. The van der Waals surface area contributed by atoms with Gasteiger partial charge in [-0.2, -0.15) is 0 Å². The number of thiophene rings is 1. The molecule has 2 aromatic rings. The van der Waals surface area contributed by atoms with Gasteiger partial charge in [0.25, 0.3) is 0 Å². The summed E-state index contributed by atoms with van der Waals surface area (Å²) in [6.07, 6.45) is 2.54. The van der Waals surface area contributed by atoms with Crippen LogP contribution in [0.25, 0.3) is 11.1 Å². The van der Waals surface area contributed by atoms with Crippen LogP contribution in [0.4, 0.5) is 5.00 Å². The van der Waals surface area contributed by atoms with E-state index in [0.717, 1.165) is 46.4 Å². The number of hydrogen-bond donors (Lipinski definition) is 2. The molecule has 2 fully saturated rings. The number of aliphatic carboxylic acids is 1. The Labute approximate surface area is 192 Å². The van der Waals surface area contributed by atoms with Crippen LogP contribution < -0.4 is 5.32 Å². The Balaban J connectivity index is 1.72. The van der Waals surface area contributed by atoms with Gasteiger partial charge in [0.05, 0.1) is 18.4 Å². The van der Waals surface area contributed by atoms with Gasteiger partial charge in [0.2, 0.25) is 5.91 Å². The zero-order chi connectivity index (χ0) is 23.2. The molecule has 1 amide bonds. The largest absolute Gasteiger partial charge is 0.481 e. The molecule has 2 aliphatic rings. The molecule has 0 radical (unpaired) electrons. The second-order valence-corrected chi connectivity index (χ2v) is 10.2. The first-order valence-electron chi connectivity index (χ1n) is 11.1. The predicted molar refractivity (Wildman–Crippen MR) is 124 cm³/mol. The number of nitrogens with one attached hydrogen (secondary N) is 1. The molecular weight excluding hydrogens is 426 g/mol. The highest BCUT2D eigenvalue weighted by molar-refractivity contribution is 7.17. The summed E-state index contributed by atoms with van der Waals surface area (Å²) >= 11 is 1.34. The minimum Gasteiger partial charge on any atom is -0.481 e. The lowest BCUT2D eigenvalue weighted by atomic mass is 9.78. The monoisotopic (exact) mass is 455 g/mol. The van der Waals surface area contributed by atoms with Crippen molar-refractivity contribution in [3.05, 3.63) is 39.8 Å². The number of ether oxygens (including phenoxy) is 1. The number of hydrogen-bond acceptors (Lipinski definition) is 5. The Hall–Kier alpha value is -2.67. The van der Waals surface area contributed by atoms with Crippen molar-refractivity contribution in [2.45, 2.75) is 47.0 Å². The average Bonchev–Trinajstić information content (AvgIpc) is 3.43. The molecule has 2 bridgehead atoms. The number of carboxylic acid groups (broad SMARTS) is 1. The number of aryl methyl sites for hydroxylation is 3. The summed E-state index contributed by atoms with van der Waals surface area (Å²) in [5.41, 5.74) is 4.27. The molecule has 7 heteroatoms.